The zero-order valence-electron chi connectivity index (χ0n) is 12.5. The molecule has 0 atom stereocenters. The van der Waals surface area contributed by atoms with E-state index in [4.69, 9.17) is 9.72 Å². The second kappa shape index (κ2) is 6.44. The standard InChI is InChI=1S/C16H21BrN2O/c1-5-13-10-19(16(18-13)8-11(2)3)14-7-6-12(17)9-15(14)20-4/h6-7,9-11H,5,8H2,1-4H3. The molecular formula is C16H21BrN2O. The molecular weight excluding hydrogens is 316 g/mol. The highest BCUT2D eigenvalue weighted by Crippen LogP contribution is 2.28. The van der Waals surface area contributed by atoms with Gasteiger partial charge in [0.15, 0.2) is 0 Å². The van der Waals surface area contributed by atoms with Crippen LogP contribution in [0.25, 0.3) is 5.69 Å². The molecule has 0 spiro atoms. The molecule has 0 radical (unpaired) electrons. The van der Waals surface area contributed by atoms with Crippen molar-refractivity contribution < 1.29 is 4.74 Å². The van der Waals surface area contributed by atoms with E-state index in [9.17, 15) is 0 Å². The summed E-state index contributed by atoms with van der Waals surface area (Å²) in [6.45, 7) is 6.55. The maximum Gasteiger partial charge on any atom is 0.144 e. The molecule has 2 aromatic rings. The predicted octanol–water partition coefficient (Wildman–Crippen LogP) is 4.40. The van der Waals surface area contributed by atoms with Crippen LogP contribution in [0.2, 0.25) is 0 Å². The van der Waals surface area contributed by atoms with Gasteiger partial charge in [0.05, 0.1) is 18.5 Å². The fourth-order valence-electron chi connectivity index (χ4n) is 2.21. The van der Waals surface area contributed by atoms with Crippen molar-refractivity contribution >= 4 is 15.9 Å². The number of nitrogens with zero attached hydrogens (tertiary/aromatic N) is 2. The van der Waals surface area contributed by atoms with Gasteiger partial charge in [0.1, 0.15) is 11.6 Å². The van der Waals surface area contributed by atoms with Crippen molar-refractivity contribution in [3.05, 3.63) is 40.4 Å². The molecule has 3 nitrogen and oxygen atoms in total. The number of aromatic nitrogens is 2. The summed E-state index contributed by atoms with van der Waals surface area (Å²) in [5, 5.41) is 0. The molecule has 0 aliphatic rings. The Balaban J connectivity index is 2.53. The second-order valence-electron chi connectivity index (χ2n) is 5.29. The number of imidazole rings is 1. The van der Waals surface area contributed by atoms with Crippen LogP contribution in [0.1, 0.15) is 32.3 Å². The summed E-state index contributed by atoms with van der Waals surface area (Å²) < 4.78 is 8.67. The van der Waals surface area contributed by atoms with E-state index in [2.05, 4.69) is 53.5 Å². The van der Waals surface area contributed by atoms with Crippen molar-refractivity contribution in [3.8, 4) is 11.4 Å². The number of hydrogen-bond donors (Lipinski definition) is 0. The molecule has 4 heteroatoms. The van der Waals surface area contributed by atoms with E-state index in [1.54, 1.807) is 7.11 Å². The number of hydrogen-bond acceptors (Lipinski definition) is 2. The van der Waals surface area contributed by atoms with E-state index in [-0.39, 0.29) is 0 Å². The Morgan fingerprint density at radius 3 is 2.70 bits per heavy atom. The molecule has 0 aliphatic heterocycles. The summed E-state index contributed by atoms with van der Waals surface area (Å²) in [5.74, 6) is 2.52. The van der Waals surface area contributed by atoms with Crippen molar-refractivity contribution in [1.29, 1.82) is 0 Å². The number of rotatable bonds is 5. The molecule has 20 heavy (non-hydrogen) atoms. The zero-order chi connectivity index (χ0) is 14.7. The molecule has 1 heterocycles. The molecule has 0 amide bonds. The Hall–Kier alpha value is -1.29. The van der Waals surface area contributed by atoms with Gasteiger partial charge >= 0.3 is 0 Å². The third-order valence-corrected chi connectivity index (χ3v) is 3.68. The number of methoxy groups -OCH3 is 1. The van der Waals surface area contributed by atoms with Crippen molar-refractivity contribution in [2.24, 2.45) is 5.92 Å². The van der Waals surface area contributed by atoms with Gasteiger partial charge in [-0.1, -0.05) is 36.7 Å². The fourth-order valence-corrected chi connectivity index (χ4v) is 2.55. The van der Waals surface area contributed by atoms with Gasteiger partial charge in [-0.25, -0.2) is 4.98 Å². The van der Waals surface area contributed by atoms with Gasteiger partial charge in [0, 0.05) is 17.1 Å². The molecule has 0 fully saturated rings. The van der Waals surface area contributed by atoms with Crippen LogP contribution in [0.15, 0.2) is 28.9 Å². The summed E-state index contributed by atoms with van der Waals surface area (Å²) >= 11 is 3.48. The van der Waals surface area contributed by atoms with E-state index in [1.165, 1.54) is 0 Å². The minimum atomic E-state index is 0.572. The molecule has 2 rings (SSSR count). The number of ether oxygens (including phenoxy) is 1. The lowest BCUT2D eigenvalue weighted by molar-refractivity contribution is 0.412. The summed E-state index contributed by atoms with van der Waals surface area (Å²) in [6, 6.07) is 6.08. The van der Waals surface area contributed by atoms with Crippen LogP contribution in [0.5, 0.6) is 5.75 Å². The molecule has 0 unspecified atom stereocenters. The second-order valence-corrected chi connectivity index (χ2v) is 6.20. The van der Waals surface area contributed by atoms with Gasteiger partial charge < -0.3 is 4.74 Å². The van der Waals surface area contributed by atoms with Gasteiger partial charge in [-0.3, -0.25) is 4.57 Å². The van der Waals surface area contributed by atoms with Crippen LogP contribution >= 0.6 is 15.9 Å². The fraction of sp³-hybridized carbons (Fsp3) is 0.438. The first-order valence-corrected chi connectivity index (χ1v) is 7.75. The van der Waals surface area contributed by atoms with Gasteiger partial charge in [0.2, 0.25) is 0 Å². The van der Waals surface area contributed by atoms with Crippen LogP contribution in [0.3, 0.4) is 0 Å². The van der Waals surface area contributed by atoms with Crippen LogP contribution < -0.4 is 4.74 Å². The third-order valence-electron chi connectivity index (χ3n) is 3.18. The number of halogens is 1. The molecule has 0 saturated carbocycles. The topological polar surface area (TPSA) is 27.1 Å². The molecule has 0 aliphatic carbocycles. The van der Waals surface area contributed by atoms with E-state index < -0.39 is 0 Å². The highest BCUT2D eigenvalue weighted by molar-refractivity contribution is 9.10. The first-order valence-electron chi connectivity index (χ1n) is 6.96. The van der Waals surface area contributed by atoms with Crippen molar-refractivity contribution in [1.82, 2.24) is 9.55 Å². The average Bonchev–Trinajstić information content (AvgIpc) is 2.80. The predicted molar refractivity (Wildman–Crippen MR) is 85.7 cm³/mol. The van der Waals surface area contributed by atoms with Gasteiger partial charge in [-0.05, 0) is 30.5 Å². The molecule has 0 bridgehead atoms. The maximum atomic E-state index is 5.50. The minimum absolute atomic E-state index is 0.572. The molecule has 0 N–H and O–H groups in total. The third kappa shape index (κ3) is 3.23. The Morgan fingerprint density at radius 1 is 1.35 bits per heavy atom. The summed E-state index contributed by atoms with van der Waals surface area (Å²) in [6.07, 6.45) is 4.01. The summed E-state index contributed by atoms with van der Waals surface area (Å²) in [7, 11) is 1.70. The molecule has 1 aromatic carbocycles. The van der Waals surface area contributed by atoms with Gasteiger partial charge in [-0.15, -0.1) is 0 Å². The quantitative estimate of drug-likeness (QED) is 0.808. The molecule has 108 valence electrons. The van der Waals surface area contributed by atoms with Gasteiger partial charge in [-0.2, -0.15) is 0 Å². The highest BCUT2D eigenvalue weighted by atomic mass is 79.9. The maximum absolute atomic E-state index is 5.50. The van der Waals surface area contributed by atoms with Crippen LogP contribution in [0.4, 0.5) is 0 Å². The lowest BCUT2D eigenvalue weighted by Crippen LogP contribution is -2.05. The average molecular weight is 337 g/mol. The van der Waals surface area contributed by atoms with E-state index in [1.807, 2.05) is 12.1 Å². The summed E-state index contributed by atoms with van der Waals surface area (Å²) in [4.78, 5) is 4.74. The Bertz CT molecular complexity index is 590. The summed E-state index contributed by atoms with van der Waals surface area (Å²) in [5.41, 5.74) is 2.16. The van der Waals surface area contributed by atoms with Crippen LogP contribution in [0, 0.1) is 5.92 Å². The Morgan fingerprint density at radius 2 is 2.10 bits per heavy atom. The Labute approximate surface area is 129 Å². The van der Waals surface area contributed by atoms with E-state index in [0.717, 1.165) is 40.3 Å². The Kier molecular flexibility index (Phi) is 4.86. The molecule has 0 saturated heterocycles. The SMILES string of the molecule is CCc1cn(-c2ccc(Br)cc2OC)c(CC(C)C)n1. The molecule has 1 aromatic heterocycles. The van der Waals surface area contributed by atoms with E-state index >= 15 is 0 Å². The zero-order valence-corrected chi connectivity index (χ0v) is 14.1. The lowest BCUT2D eigenvalue weighted by atomic mass is 10.1. The van der Waals surface area contributed by atoms with Gasteiger partial charge in [0.25, 0.3) is 0 Å². The number of benzene rings is 1. The van der Waals surface area contributed by atoms with E-state index in [0.29, 0.717) is 5.92 Å². The smallest absolute Gasteiger partial charge is 0.144 e. The first-order chi connectivity index (χ1) is 9.55. The van der Waals surface area contributed by atoms with Crippen LogP contribution in [-0.4, -0.2) is 16.7 Å². The number of aryl methyl sites for hydroxylation is 1. The van der Waals surface area contributed by atoms with Crippen molar-refractivity contribution in [2.75, 3.05) is 7.11 Å². The highest BCUT2D eigenvalue weighted by Gasteiger charge is 2.14. The lowest BCUT2D eigenvalue weighted by Gasteiger charge is -2.13. The monoisotopic (exact) mass is 336 g/mol. The van der Waals surface area contributed by atoms with Crippen molar-refractivity contribution in [2.45, 2.75) is 33.6 Å². The van der Waals surface area contributed by atoms with Crippen molar-refractivity contribution in [3.63, 3.8) is 0 Å². The largest absolute Gasteiger partial charge is 0.495 e. The first kappa shape index (κ1) is 15.1. The van der Waals surface area contributed by atoms with Crippen LogP contribution in [-0.2, 0) is 12.8 Å². The minimum Gasteiger partial charge on any atom is -0.495 e. The normalized spacial score (nSPS) is 11.1.